The Morgan fingerprint density at radius 3 is 2.79 bits per heavy atom. The number of para-hydroxylation sites is 1. The number of nitrogens with zero attached hydrogens (tertiary/aromatic N) is 2. The number of hydrogen-bond acceptors (Lipinski definition) is 5. The molecular weight excluding hydrogens is 386 g/mol. The molecule has 0 atom stereocenters. The summed E-state index contributed by atoms with van der Waals surface area (Å²) in [5, 5.41) is 0.745. The van der Waals surface area contributed by atoms with Crippen LogP contribution in [0, 0.1) is 6.92 Å². The third-order valence-corrected chi connectivity index (χ3v) is 6.33. The second-order valence-electron chi connectivity index (χ2n) is 7.22. The minimum atomic E-state index is -0.0479. The second kappa shape index (κ2) is 8.90. The lowest BCUT2D eigenvalue weighted by molar-refractivity contribution is -0.906. The number of aromatic nitrogens is 1. The van der Waals surface area contributed by atoms with Gasteiger partial charge in [-0.15, -0.1) is 0 Å². The molecule has 0 bridgehead atoms. The van der Waals surface area contributed by atoms with Gasteiger partial charge >= 0.3 is 0 Å². The highest BCUT2D eigenvalue weighted by Gasteiger charge is 2.24. The van der Waals surface area contributed by atoms with Gasteiger partial charge in [0.1, 0.15) is 18.8 Å². The summed E-state index contributed by atoms with van der Waals surface area (Å²) in [5.41, 5.74) is 2.70. The fourth-order valence-corrected chi connectivity index (χ4v) is 4.63. The van der Waals surface area contributed by atoms with E-state index in [4.69, 9.17) is 14.5 Å². The van der Waals surface area contributed by atoms with Gasteiger partial charge in [0.2, 0.25) is 0 Å². The van der Waals surface area contributed by atoms with Crippen molar-refractivity contribution in [3.8, 4) is 5.75 Å². The van der Waals surface area contributed by atoms with Gasteiger partial charge in [-0.3, -0.25) is 9.69 Å². The molecule has 0 unspecified atom stereocenters. The highest BCUT2D eigenvalue weighted by atomic mass is 32.1. The number of aryl methyl sites for hydroxylation is 1. The Hall–Kier alpha value is -2.48. The molecule has 7 heteroatoms. The molecule has 1 saturated heterocycles. The summed E-state index contributed by atoms with van der Waals surface area (Å²) in [6, 6.07) is 13.5. The predicted molar refractivity (Wildman–Crippen MR) is 115 cm³/mol. The number of benzene rings is 2. The maximum absolute atomic E-state index is 13.5. The quantitative estimate of drug-likeness (QED) is 0.674. The maximum atomic E-state index is 13.5. The zero-order valence-corrected chi connectivity index (χ0v) is 17.6. The normalized spacial score (nSPS) is 14.8. The molecule has 1 aromatic heterocycles. The summed E-state index contributed by atoms with van der Waals surface area (Å²) < 4.78 is 11.9. The average Bonchev–Trinajstić information content (AvgIpc) is 3.20. The van der Waals surface area contributed by atoms with E-state index in [9.17, 15) is 4.79 Å². The van der Waals surface area contributed by atoms with Gasteiger partial charge in [0.25, 0.3) is 5.91 Å². The van der Waals surface area contributed by atoms with Crippen molar-refractivity contribution in [3.05, 3.63) is 53.6 Å². The first kappa shape index (κ1) is 19.8. The number of methoxy groups -OCH3 is 1. The van der Waals surface area contributed by atoms with Gasteiger partial charge in [0, 0.05) is 5.56 Å². The first-order chi connectivity index (χ1) is 14.2. The van der Waals surface area contributed by atoms with Crippen LogP contribution in [0.1, 0.15) is 15.9 Å². The third kappa shape index (κ3) is 4.42. The van der Waals surface area contributed by atoms with Crippen LogP contribution in [-0.2, 0) is 4.74 Å². The van der Waals surface area contributed by atoms with Gasteiger partial charge in [-0.1, -0.05) is 29.5 Å². The van der Waals surface area contributed by atoms with E-state index in [1.54, 1.807) is 24.5 Å². The Balaban J connectivity index is 1.65. The largest absolute Gasteiger partial charge is 0.497 e. The smallest absolute Gasteiger partial charge is 0.260 e. The number of ether oxygens (including phenoxy) is 2. The Morgan fingerprint density at radius 1 is 1.24 bits per heavy atom. The van der Waals surface area contributed by atoms with Gasteiger partial charge in [0.05, 0.1) is 43.6 Å². The molecule has 1 amide bonds. The lowest BCUT2D eigenvalue weighted by Crippen LogP contribution is -3.14. The van der Waals surface area contributed by atoms with Crippen molar-refractivity contribution in [2.24, 2.45) is 0 Å². The van der Waals surface area contributed by atoms with Crippen LogP contribution in [0.2, 0.25) is 0 Å². The number of hydrogen-bond donors (Lipinski definition) is 1. The van der Waals surface area contributed by atoms with Crippen LogP contribution < -0.4 is 14.5 Å². The molecule has 0 radical (unpaired) electrons. The molecule has 6 nitrogen and oxygen atoms in total. The van der Waals surface area contributed by atoms with Crippen LogP contribution in [0.3, 0.4) is 0 Å². The van der Waals surface area contributed by atoms with E-state index in [1.807, 2.05) is 29.2 Å². The fourth-order valence-electron chi connectivity index (χ4n) is 3.57. The fraction of sp³-hybridized carbons (Fsp3) is 0.364. The molecule has 152 valence electrons. The molecule has 0 spiro atoms. The van der Waals surface area contributed by atoms with Crippen LogP contribution in [0.5, 0.6) is 5.75 Å². The lowest BCUT2D eigenvalue weighted by Gasteiger charge is -2.27. The molecule has 3 aromatic rings. The van der Waals surface area contributed by atoms with Gasteiger partial charge in [-0.2, -0.15) is 0 Å². The Bertz CT molecular complexity index is 998. The van der Waals surface area contributed by atoms with Gasteiger partial charge in [-0.25, -0.2) is 4.98 Å². The Morgan fingerprint density at radius 2 is 2.03 bits per heavy atom. The second-order valence-corrected chi connectivity index (χ2v) is 8.23. The average molecular weight is 413 g/mol. The number of anilines is 1. The van der Waals surface area contributed by atoms with E-state index in [0.717, 1.165) is 53.8 Å². The first-order valence-electron chi connectivity index (χ1n) is 9.89. The molecule has 0 saturated carbocycles. The van der Waals surface area contributed by atoms with Crippen molar-refractivity contribution in [2.45, 2.75) is 6.92 Å². The maximum Gasteiger partial charge on any atom is 0.260 e. The highest BCUT2D eigenvalue weighted by Crippen LogP contribution is 2.31. The zero-order valence-electron chi connectivity index (χ0n) is 16.8. The monoisotopic (exact) mass is 412 g/mol. The molecule has 0 aliphatic carbocycles. The van der Waals surface area contributed by atoms with Crippen LogP contribution in [-0.4, -0.2) is 57.4 Å². The van der Waals surface area contributed by atoms with E-state index < -0.39 is 0 Å². The minimum Gasteiger partial charge on any atom is -0.497 e. The predicted octanol–water partition coefficient (Wildman–Crippen LogP) is 2.18. The molecule has 2 heterocycles. The van der Waals surface area contributed by atoms with E-state index >= 15 is 0 Å². The summed E-state index contributed by atoms with van der Waals surface area (Å²) in [6.45, 7) is 7.04. The van der Waals surface area contributed by atoms with Crippen molar-refractivity contribution in [2.75, 3.05) is 51.4 Å². The number of carbonyl (C=O) groups is 1. The van der Waals surface area contributed by atoms with Crippen molar-refractivity contribution >= 4 is 32.6 Å². The van der Waals surface area contributed by atoms with Crippen molar-refractivity contribution in [3.63, 3.8) is 0 Å². The molecule has 1 N–H and O–H groups in total. The van der Waals surface area contributed by atoms with Crippen LogP contribution >= 0.6 is 11.3 Å². The summed E-state index contributed by atoms with van der Waals surface area (Å²) in [5.74, 6) is 0.628. The van der Waals surface area contributed by atoms with Crippen molar-refractivity contribution in [1.82, 2.24) is 4.98 Å². The van der Waals surface area contributed by atoms with Crippen molar-refractivity contribution in [1.29, 1.82) is 0 Å². The number of amides is 1. The number of quaternary nitrogens is 1. The Labute approximate surface area is 174 Å². The number of fused-ring (bicyclic) bond motifs is 1. The molecule has 1 fully saturated rings. The van der Waals surface area contributed by atoms with E-state index in [1.165, 1.54) is 4.90 Å². The van der Waals surface area contributed by atoms with E-state index in [-0.39, 0.29) is 5.91 Å². The van der Waals surface area contributed by atoms with Gasteiger partial charge in [0.15, 0.2) is 5.13 Å². The number of nitrogens with one attached hydrogen (secondary N) is 1. The number of morpholine rings is 1. The van der Waals surface area contributed by atoms with Crippen LogP contribution in [0.15, 0.2) is 42.5 Å². The summed E-state index contributed by atoms with van der Waals surface area (Å²) in [6.07, 6.45) is 0. The number of carbonyl (C=O) groups excluding carboxylic acids is 1. The van der Waals surface area contributed by atoms with Crippen LogP contribution in [0.4, 0.5) is 5.13 Å². The van der Waals surface area contributed by atoms with Crippen LogP contribution in [0.25, 0.3) is 10.2 Å². The summed E-state index contributed by atoms with van der Waals surface area (Å²) in [7, 11) is 1.61. The Kier molecular flexibility index (Phi) is 6.08. The van der Waals surface area contributed by atoms with Crippen molar-refractivity contribution < 1.29 is 19.2 Å². The van der Waals surface area contributed by atoms with E-state index in [0.29, 0.717) is 17.9 Å². The number of rotatable bonds is 6. The molecule has 4 rings (SSSR count). The first-order valence-corrected chi connectivity index (χ1v) is 10.7. The minimum absolute atomic E-state index is 0.0479. The van der Waals surface area contributed by atoms with Gasteiger partial charge < -0.3 is 14.4 Å². The van der Waals surface area contributed by atoms with E-state index in [2.05, 4.69) is 19.1 Å². The lowest BCUT2D eigenvalue weighted by atomic mass is 10.2. The molecule has 2 aromatic carbocycles. The molecule has 1 aliphatic rings. The SMILES string of the molecule is COc1cccc(C(=O)N(CC[NH+]2CCOCC2)c2nc3c(C)cccc3s2)c1. The van der Waals surface area contributed by atoms with Gasteiger partial charge in [-0.05, 0) is 36.8 Å². The topological polar surface area (TPSA) is 56.1 Å². The molecular formula is C22H26N3O3S+. The summed E-state index contributed by atoms with van der Waals surface area (Å²) in [4.78, 5) is 21.6. The highest BCUT2D eigenvalue weighted by molar-refractivity contribution is 7.22. The third-order valence-electron chi connectivity index (χ3n) is 5.29. The summed E-state index contributed by atoms with van der Waals surface area (Å²) >= 11 is 1.57. The zero-order chi connectivity index (χ0) is 20.2. The standard InChI is InChI=1S/C22H25N3O3S/c1-16-5-3-8-19-20(16)23-22(29-19)25(10-9-24-11-13-28-14-12-24)21(26)17-6-4-7-18(15-17)27-2/h3-8,15H,9-14H2,1-2H3/p+1. The number of thiazole rings is 1. The molecule has 29 heavy (non-hydrogen) atoms. The molecule has 1 aliphatic heterocycles.